The Bertz CT molecular complexity index is 889. The predicted molar refractivity (Wildman–Crippen MR) is 122 cm³/mol. The standard InChI is InChI=1S/C23H28ClN5O/c24-20-7-9-21(10-8-20)27-12-14-28(15-13-27)23(25)26-16-18-3-5-19(6-4-18)17-29-11-1-2-22(29)30/h3-10H,1-2,11-17H2,(H2,25,26). The fourth-order valence-electron chi connectivity index (χ4n) is 3.96. The van der Waals surface area contributed by atoms with Gasteiger partial charge in [-0.15, -0.1) is 0 Å². The molecule has 2 aliphatic rings. The average molecular weight is 426 g/mol. The molecule has 0 aliphatic carbocycles. The molecule has 2 heterocycles. The lowest BCUT2D eigenvalue weighted by Crippen LogP contribution is -2.51. The summed E-state index contributed by atoms with van der Waals surface area (Å²) in [5.41, 5.74) is 9.71. The molecular weight excluding hydrogens is 398 g/mol. The van der Waals surface area contributed by atoms with E-state index in [1.807, 2.05) is 17.0 Å². The number of rotatable bonds is 5. The van der Waals surface area contributed by atoms with Crippen LogP contribution in [0.4, 0.5) is 5.69 Å². The van der Waals surface area contributed by atoms with Crippen LogP contribution in [-0.2, 0) is 17.9 Å². The second-order valence-electron chi connectivity index (χ2n) is 7.86. The summed E-state index contributed by atoms with van der Waals surface area (Å²) in [5, 5.41) is 0.756. The number of amides is 1. The van der Waals surface area contributed by atoms with Gasteiger partial charge in [-0.1, -0.05) is 35.9 Å². The summed E-state index contributed by atoms with van der Waals surface area (Å²) in [6.45, 7) is 5.63. The van der Waals surface area contributed by atoms with Crippen molar-refractivity contribution in [2.24, 2.45) is 10.7 Å². The van der Waals surface area contributed by atoms with Gasteiger partial charge in [-0.2, -0.15) is 0 Å². The van der Waals surface area contributed by atoms with Gasteiger partial charge in [0.1, 0.15) is 0 Å². The number of carbonyl (C=O) groups is 1. The maximum Gasteiger partial charge on any atom is 0.222 e. The Kier molecular flexibility index (Phi) is 6.43. The minimum absolute atomic E-state index is 0.257. The Balaban J connectivity index is 1.27. The summed E-state index contributed by atoms with van der Waals surface area (Å²) in [6, 6.07) is 16.3. The smallest absolute Gasteiger partial charge is 0.222 e. The molecule has 0 unspecified atom stereocenters. The van der Waals surface area contributed by atoms with Gasteiger partial charge in [-0.05, 0) is 41.8 Å². The highest BCUT2D eigenvalue weighted by Crippen LogP contribution is 2.19. The summed E-state index contributed by atoms with van der Waals surface area (Å²) in [7, 11) is 0. The molecule has 2 N–H and O–H groups in total. The van der Waals surface area contributed by atoms with Crippen molar-refractivity contribution in [2.75, 3.05) is 37.6 Å². The van der Waals surface area contributed by atoms with E-state index in [1.54, 1.807) is 0 Å². The zero-order valence-electron chi connectivity index (χ0n) is 17.1. The highest BCUT2D eigenvalue weighted by molar-refractivity contribution is 6.30. The SMILES string of the molecule is NC(=NCc1ccc(CN2CCCC2=O)cc1)N1CCN(c2ccc(Cl)cc2)CC1. The minimum Gasteiger partial charge on any atom is -0.370 e. The molecule has 2 aromatic carbocycles. The minimum atomic E-state index is 0.257. The highest BCUT2D eigenvalue weighted by atomic mass is 35.5. The van der Waals surface area contributed by atoms with Crippen LogP contribution in [0.3, 0.4) is 0 Å². The third-order valence-corrected chi connectivity index (χ3v) is 6.04. The van der Waals surface area contributed by atoms with Crippen LogP contribution in [0.25, 0.3) is 0 Å². The van der Waals surface area contributed by atoms with Crippen LogP contribution in [-0.4, -0.2) is 54.4 Å². The Morgan fingerprint density at radius 1 is 0.933 bits per heavy atom. The van der Waals surface area contributed by atoms with E-state index in [1.165, 1.54) is 5.69 Å². The molecule has 1 amide bonds. The fraction of sp³-hybridized carbons (Fsp3) is 0.391. The Labute approximate surface area is 182 Å². The van der Waals surface area contributed by atoms with E-state index in [9.17, 15) is 4.79 Å². The summed E-state index contributed by atoms with van der Waals surface area (Å²) >= 11 is 5.98. The van der Waals surface area contributed by atoms with Crippen molar-refractivity contribution >= 4 is 29.2 Å². The quantitative estimate of drug-likeness (QED) is 0.590. The number of piperazine rings is 1. The Hall–Kier alpha value is -2.73. The zero-order chi connectivity index (χ0) is 20.9. The third kappa shape index (κ3) is 5.05. The molecule has 2 fully saturated rings. The molecule has 158 valence electrons. The number of nitrogens with two attached hydrogens (primary N) is 1. The lowest BCUT2D eigenvalue weighted by molar-refractivity contribution is -0.128. The maximum absolute atomic E-state index is 11.8. The van der Waals surface area contributed by atoms with E-state index >= 15 is 0 Å². The largest absolute Gasteiger partial charge is 0.370 e. The molecule has 2 saturated heterocycles. The van der Waals surface area contributed by atoms with E-state index in [0.717, 1.165) is 55.3 Å². The van der Waals surface area contributed by atoms with Gasteiger partial charge < -0.3 is 20.4 Å². The number of likely N-dealkylation sites (tertiary alicyclic amines) is 1. The molecule has 0 radical (unpaired) electrons. The molecule has 0 saturated carbocycles. The Morgan fingerprint density at radius 2 is 1.60 bits per heavy atom. The molecule has 4 rings (SSSR count). The number of nitrogens with zero attached hydrogens (tertiary/aromatic N) is 4. The van der Waals surface area contributed by atoms with Crippen molar-refractivity contribution in [3.8, 4) is 0 Å². The number of benzene rings is 2. The number of guanidine groups is 1. The van der Waals surface area contributed by atoms with Crippen molar-refractivity contribution < 1.29 is 4.79 Å². The highest BCUT2D eigenvalue weighted by Gasteiger charge is 2.20. The first-order valence-electron chi connectivity index (χ1n) is 10.5. The van der Waals surface area contributed by atoms with Crippen LogP contribution in [0.15, 0.2) is 53.5 Å². The van der Waals surface area contributed by atoms with Crippen molar-refractivity contribution in [3.63, 3.8) is 0 Å². The molecular formula is C23H28ClN5O. The second-order valence-corrected chi connectivity index (χ2v) is 8.30. The van der Waals surface area contributed by atoms with Crippen molar-refractivity contribution in [1.29, 1.82) is 0 Å². The van der Waals surface area contributed by atoms with Gasteiger partial charge in [-0.3, -0.25) is 4.79 Å². The van der Waals surface area contributed by atoms with E-state index in [2.05, 4.69) is 51.2 Å². The Morgan fingerprint density at radius 3 is 2.23 bits per heavy atom. The number of halogens is 1. The van der Waals surface area contributed by atoms with E-state index < -0.39 is 0 Å². The van der Waals surface area contributed by atoms with Gasteiger partial charge in [-0.25, -0.2) is 4.99 Å². The van der Waals surface area contributed by atoms with Crippen LogP contribution in [0, 0.1) is 0 Å². The number of anilines is 1. The normalized spacial score (nSPS) is 17.7. The molecule has 0 aromatic heterocycles. The van der Waals surface area contributed by atoms with E-state index in [0.29, 0.717) is 25.5 Å². The lowest BCUT2D eigenvalue weighted by atomic mass is 10.1. The first-order valence-corrected chi connectivity index (χ1v) is 10.9. The number of carbonyl (C=O) groups excluding carboxylic acids is 1. The number of hydrogen-bond acceptors (Lipinski definition) is 3. The predicted octanol–water partition coefficient (Wildman–Crippen LogP) is 3.10. The maximum atomic E-state index is 11.8. The van der Waals surface area contributed by atoms with Crippen LogP contribution < -0.4 is 10.6 Å². The zero-order valence-corrected chi connectivity index (χ0v) is 17.9. The molecule has 2 aromatic rings. The van der Waals surface area contributed by atoms with Crippen LogP contribution >= 0.6 is 11.6 Å². The summed E-state index contributed by atoms with van der Waals surface area (Å²) < 4.78 is 0. The van der Waals surface area contributed by atoms with E-state index in [-0.39, 0.29) is 5.91 Å². The molecule has 30 heavy (non-hydrogen) atoms. The first kappa shape index (κ1) is 20.5. The molecule has 2 aliphatic heterocycles. The van der Waals surface area contributed by atoms with E-state index in [4.69, 9.17) is 17.3 Å². The number of aliphatic imine (C=N–C) groups is 1. The van der Waals surface area contributed by atoms with Crippen LogP contribution in [0.5, 0.6) is 0 Å². The molecule has 7 heteroatoms. The van der Waals surface area contributed by atoms with Crippen molar-refractivity contribution in [2.45, 2.75) is 25.9 Å². The third-order valence-electron chi connectivity index (χ3n) is 5.79. The molecule has 0 bridgehead atoms. The molecule has 6 nitrogen and oxygen atoms in total. The van der Waals surface area contributed by atoms with Gasteiger partial charge in [0.25, 0.3) is 0 Å². The first-order chi connectivity index (χ1) is 14.6. The van der Waals surface area contributed by atoms with Gasteiger partial charge in [0.15, 0.2) is 5.96 Å². The van der Waals surface area contributed by atoms with Gasteiger partial charge >= 0.3 is 0 Å². The summed E-state index contributed by atoms with van der Waals surface area (Å²) in [6.07, 6.45) is 1.65. The van der Waals surface area contributed by atoms with Gasteiger partial charge in [0, 0.05) is 56.4 Å². The summed E-state index contributed by atoms with van der Waals surface area (Å²) in [4.78, 5) is 22.8. The lowest BCUT2D eigenvalue weighted by Gasteiger charge is -2.36. The van der Waals surface area contributed by atoms with Crippen LogP contribution in [0.1, 0.15) is 24.0 Å². The van der Waals surface area contributed by atoms with Gasteiger partial charge in [0.2, 0.25) is 5.91 Å². The van der Waals surface area contributed by atoms with Crippen molar-refractivity contribution in [3.05, 3.63) is 64.7 Å². The van der Waals surface area contributed by atoms with Crippen LogP contribution in [0.2, 0.25) is 5.02 Å². The second kappa shape index (κ2) is 9.39. The number of hydrogen-bond donors (Lipinski definition) is 1. The molecule has 0 atom stereocenters. The van der Waals surface area contributed by atoms with Gasteiger partial charge in [0.05, 0.1) is 6.54 Å². The fourth-order valence-corrected chi connectivity index (χ4v) is 4.09. The molecule has 0 spiro atoms. The summed E-state index contributed by atoms with van der Waals surface area (Å²) in [5.74, 6) is 0.852. The monoisotopic (exact) mass is 425 g/mol. The van der Waals surface area contributed by atoms with Crippen molar-refractivity contribution in [1.82, 2.24) is 9.80 Å². The topological polar surface area (TPSA) is 65.2 Å². The average Bonchev–Trinajstić information content (AvgIpc) is 3.18.